The summed E-state index contributed by atoms with van der Waals surface area (Å²) in [6, 6.07) is 10.8. The number of carbonyl (C=O) groups excluding carboxylic acids is 1. The third-order valence-electron chi connectivity index (χ3n) is 5.74. The van der Waals surface area contributed by atoms with E-state index in [1.807, 2.05) is 0 Å². The standard InChI is InChI=1S/C20H17F2NO2/c21-12-3-1-11(2-4-12)20(7-8-20)23-19(24)18-15-10-25-16-6-5-13(22)9-14(16)17(15)18/h1-6,9,15,17-18H,7-8,10H2,(H,23,24). The number of hydrogen-bond donors (Lipinski definition) is 1. The first-order valence-corrected chi connectivity index (χ1v) is 8.58. The Bertz CT molecular complexity index is 860. The van der Waals surface area contributed by atoms with Gasteiger partial charge in [-0.1, -0.05) is 12.1 Å². The summed E-state index contributed by atoms with van der Waals surface area (Å²) in [6.45, 7) is 0.491. The van der Waals surface area contributed by atoms with Gasteiger partial charge in [-0.2, -0.15) is 0 Å². The minimum atomic E-state index is -0.373. The minimum Gasteiger partial charge on any atom is -0.493 e. The fourth-order valence-electron chi connectivity index (χ4n) is 4.16. The lowest BCUT2D eigenvalue weighted by Gasteiger charge is -2.18. The molecule has 1 heterocycles. The monoisotopic (exact) mass is 341 g/mol. The van der Waals surface area contributed by atoms with Crippen molar-refractivity contribution in [2.75, 3.05) is 6.61 Å². The number of carbonyl (C=O) groups is 1. The van der Waals surface area contributed by atoms with Crippen molar-refractivity contribution in [3.8, 4) is 5.75 Å². The third kappa shape index (κ3) is 2.33. The van der Waals surface area contributed by atoms with E-state index in [0.717, 1.165) is 24.0 Å². The van der Waals surface area contributed by atoms with Crippen LogP contribution in [0, 0.1) is 23.5 Å². The number of benzene rings is 2. The molecule has 2 saturated carbocycles. The molecule has 5 heteroatoms. The Balaban J connectivity index is 1.36. The molecule has 0 saturated heterocycles. The van der Waals surface area contributed by atoms with Crippen molar-refractivity contribution in [2.45, 2.75) is 24.3 Å². The highest BCUT2D eigenvalue weighted by Crippen LogP contribution is 2.60. The molecule has 2 aliphatic carbocycles. The van der Waals surface area contributed by atoms with Gasteiger partial charge in [-0.3, -0.25) is 4.79 Å². The number of amides is 1. The van der Waals surface area contributed by atoms with E-state index in [0.29, 0.717) is 12.4 Å². The van der Waals surface area contributed by atoms with Crippen molar-refractivity contribution in [3.63, 3.8) is 0 Å². The fourth-order valence-corrected chi connectivity index (χ4v) is 4.16. The van der Waals surface area contributed by atoms with E-state index in [1.54, 1.807) is 18.2 Å². The van der Waals surface area contributed by atoms with Crippen molar-refractivity contribution in [3.05, 3.63) is 65.2 Å². The maximum atomic E-state index is 13.6. The fraction of sp³-hybridized carbons (Fsp3) is 0.350. The predicted octanol–water partition coefficient (Wildman–Crippen LogP) is 3.49. The van der Waals surface area contributed by atoms with Crippen LogP contribution in [-0.4, -0.2) is 12.5 Å². The second-order valence-electron chi connectivity index (χ2n) is 7.29. The SMILES string of the molecule is O=C(NC1(c2ccc(F)cc2)CC1)C1C2COc3ccc(F)cc3C21. The first-order valence-electron chi connectivity index (χ1n) is 8.58. The number of nitrogens with one attached hydrogen (secondary N) is 1. The van der Waals surface area contributed by atoms with Crippen LogP contribution in [0.3, 0.4) is 0 Å². The third-order valence-corrected chi connectivity index (χ3v) is 5.74. The summed E-state index contributed by atoms with van der Waals surface area (Å²) in [7, 11) is 0. The molecule has 3 nitrogen and oxygen atoms in total. The van der Waals surface area contributed by atoms with Crippen molar-refractivity contribution < 1.29 is 18.3 Å². The summed E-state index contributed by atoms with van der Waals surface area (Å²) in [6.07, 6.45) is 1.71. The Morgan fingerprint density at radius 3 is 2.52 bits per heavy atom. The highest BCUT2D eigenvalue weighted by Gasteiger charge is 2.60. The first kappa shape index (κ1) is 14.9. The summed E-state index contributed by atoms with van der Waals surface area (Å²) in [5.41, 5.74) is 1.36. The topological polar surface area (TPSA) is 38.3 Å². The molecule has 1 N–H and O–H groups in total. The van der Waals surface area contributed by atoms with Crippen molar-refractivity contribution >= 4 is 5.91 Å². The van der Waals surface area contributed by atoms with E-state index in [-0.39, 0.29) is 40.8 Å². The van der Waals surface area contributed by atoms with Gasteiger partial charge in [0.1, 0.15) is 17.4 Å². The molecular weight excluding hydrogens is 324 g/mol. The van der Waals surface area contributed by atoms with Crippen LogP contribution in [0.5, 0.6) is 5.75 Å². The predicted molar refractivity (Wildman–Crippen MR) is 87.1 cm³/mol. The van der Waals surface area contributed by atoms with Gasteiger partial charge in [0.15, 0.2) is 0 Å². The first-order chi connectivity index (χ1) is 12.1. The van der Waals surface area contributed by atoms with E-state index in [9.17, 15) is 13.6 Å². The normalized spacial score (nSPS) is 27.5. The van der Waals surface area contributed by atoms with Crippen molar-refractivity contribution in [2.24, 2.45) is 11.8 Å². The molecule has 3 unspecified atom stereocenters. The van der Waals surface area contributed by atoms with E-state index >= 15 is 0 Å². The van der Waals surface area contributed by atoms with Crippen LogP contribution >= 0.6 is 0 Å². The second-order valence-corrected chi connectivity index (χ2v) is 7.29. The molecule has 0 bridgehead atoms. The Morgan fingerprint density at radius 1 is 1.08 bits per heavy atom. The van der Waals surface area contributed by atoms with Crippen molar-refractivity contribution in [1.29, 1.82) is 0 Å². The zero-order chi connectivity index (χ0) is 17.2. The van der Waals surface area contributed by atoms with Gasteiger partial charge in [0.2, 0.25) is 5.91 Å². The summed E-state index contributed by atoms with van der Waals surface area (Å²) < 4.78 is 32.4. The van der Waals surface area contributed by atoms with Crippen LogP contribution in [0.4, 0.5) is 8.78 Å². The summed E-state index contributed by atoms with van der Waals surface area (Å²) in [5.74, 6) is 0.0341. The zero-order valence-electron chi connectivity index (χ0n) is 13.5. The zero-order valence-corrected chi connectivity index (χ0v) is 13.5. The van der Waals surface area contributed by atoms with Gasteiger partial charge in [0.25, 0.3) is 0 Å². The Labute approximate surface area is 144 Å². The van der Waals surface area contributed by atoms with Crippen molar-refractivity contribution in [1.82, 2.24) is 5.32 Å². The van der Waals surface area contributed by atoms with E-state index in [4.69, 9.17) is 4.74 Å². The number of fused-ring (bicyclic) bond motifs is 3. The van der Waals surface area contributed by atoms with Gasteiger partial charge < -0.3 is 10.1 Å². The van der Waals surface area contributed by atoms with E-state index < -0.39 is 0 Å². The Kier molecular flexibility index (Phi) is 3.00. The maximum absolute atomic E-state index is 13.6. The molecule has 1 aliphatic heterocycles. The number of hydrogen-bond acceptors (Lipinski definition) is 2. The molecule has 2 fully saturated rings. The minimum absolute atomic E-state index is 0.0162. The van der Waals surface area contributed by atoms with Crippen LogP contribution < -0.4 is 10.1 Å². The van der Waals surface area contributed by atoms with Crippen LogP contribution in [0.25, 0.3) is 0 Å². The number of rotatable bonds is 3. The van der Waals surface area contributed by atoms with Crippen LogP contribution in [0.15, 0.2) is 42.5 Å². The Hall–Kier alpha value is -2.43. The largest absolute Gasteiger partial charge is 0.493 e. The smallest absolute Gasteiger partial charge is 0.224 e. The van der Waals surface area contributed by atoms with Gasteiger partial charge in [-0.25, -0.2) is 8.78 Å². The van der Waals surface area contributed by atoms with Crippen LogP contribution in [0.2, 0.25) is 0 Å². The quantitative estimate of drug-likeness (QED) is 0.928. The molecule has 2 aromatic rings. The van der Waals surface area contributed by atoms with Gasteiger partial charge in [0.05, 0.1) is 18.1 Å². The van der Waals surface area contributed by atoms with Gasteiger partial charge in [0, 0.05) is 17.4 Å². The van der Waals surface area contributed by atoms with E-state index in [1.165, 1.54) is 24.3 Å². The highest BCUT2D eigenvalue weighted by molar-refractivity contribution is 5.85. The second kappa shape index (κ2) is 5.04. The molecule has 3 aliphatic rings. The summed E-state index contributed by atoms with van der Waals surface area (Å²) >= 11 is 0. The molecule has 0 spiro atoms. The molecule has 5 rings (SSSR count). The average molecular weight is 341 g/mol. The molecule has 3 atom stereocenters. The summed E-state index contributed by atoms with van der Waals surface area (Å²) in [5, 5.41) is 3.16. The Morgan fingerprint density at radius 2 is 1.80 bits per heavy atom. The molecule has 0 radical (unpaired) electrons. The van der Waals surface area contributed by atoms with E-state index in [2.05, 4.69) is 5.32 Å². The number of ether oxygens (including phenoxy) is 1. The molecule has 1 amide bonds. The lowest BCUT2D eigenvalue weighted by molar-refractivity contribution is -0.123. The number of halogens is 2. The van der Waals surface area contributed by atoms with Crippen LogP contribution in [0.1, 0.15) is 29.9 Å². The molecular formula is C20H17F2NO2. The lowest BCUT2D eigenvalue weighted by atomic mass is 10.0. The molecule has 25 heavy (non-hydrogen) atoms. The van der Waals surface area contributed by atoms with Gasteiger partial charge in [-0.15, -0.1) is 0 Å². The van der Waals surface area contributed by atoms with Crippen LogP contribution in [-0.2, 0) is 10.3 Å². The average Bonchev–Trinajstić information content (AvgIpc) is 3.49. The lowest BCUT2D eigenvalue weighted by Crippen LogP contribution is -2.36. The molecule has 2 aromatic carbocycles. The molecule has 0 aromatic heterocycles. The maximum Gasteiger partial charge on any atom is 0.224 e. The van der Waals surface area contributed by atoms with Gasteiger partial charge >= 0.3 is 0 Å². The summed E-state index contributed by atoms with van der Waals surface area (Å²) in [4.78, 5) is 12.8. The van der Waals surface area contributed by atoms with Gasteiger partial charge in [-0.05, 0) is 48.7 Å². The molecule has 128 valence electrons. The highest BCUT2D eigenvalue weighted by atomic mass is 19.1.